The maximum Gasteiger partial charge on any atom is 0.409 e. The molecule has 2 heterocycles. The van der Waals surface area contributed by atoms with Crippen LogP contribution in [0.5, 0.6) is 0 Å². The zero-order valence-electron chi connectivity index (χ0n) is 13.0. The van der Waals surface area contributed by atoms with Crippen molar-refractivity contribution in [3.63, 3.8) is 0 Å². The summed E-state index contributed by atoms with van der Waals surface area (Å²) >= 11 is 0. The van der Waals surface area contributed by atoms with Gasteiger partial charge in [0.1, 0.15) is 5.60 Å². The van der Waals surface area contributed by atoms with Crippen LogP contribution in [0.3, 0.4) is 0 Å². The van der Waals surface area contributed by atoms with Crippen LogP contribution in [0, 0.1) is 23.2 Å². The van der Waals surface area contributed by atoms with Gasteiger partial charge < -0.3 is 14.7 Å². The number of piperidine rings is 1. The summed E-state index contributed by atoms with van der Waals surface area (Å²) in [6, 6.07) is 9.04. The number of methoxy groups -OCH3 is 1. The molecule has 23 heavy (non-hydrogen) atoms. The number of carbonyl (C=O) groups excluding carboxylic acids is 1. The monoisotopic (exact) mass is 310 g/mol. The van der Waals surface area contributed by atoms with Gasteiger partial charge in [0.05, 0.1) is 18.7 Å². The van der Waals surface area contributed by atoms with E-state index in [-0.39, 0.29) is 18.2 Å². The van der Waals surface area contributed by atoms with E-state index >= 15 is 0 Å². The summed E-state index contributed by atoms with van der Waals surface area (Å²) in [6.45, 7) is 0. The van der Waals surface area contributed by atoms with Gasteiger partial charge in [-0.2, -0.15) is 5.26 Å². The fraction of sp³-hybridized carbons (Fsp3) is 0.444. The second kappa shape index (κ2) is 5.95. The predicted molar refractivity (Wildman–Crippen MR) is 83.3 cm³/mol. The lowest BCUT2D eigenvalue weighted by Gasteiger charge is -2.40. The first-order chi connectivity index (χ1) is 11.0. The van der Waals surface area contributed by atoms with Gasteiger partial charge >= 0.3 is 6.09 Å². The van der Waals surface area contributed by atoms with Crippen LogP contribution in [0.2, 0.25) is 0 Å². The second-order valence-electron chi connectivity index (χ2n) is 6.14. The Kier molecular flexibility index (Phi) is 3.98. The highest BCUT2D eigenvalue weighted by atomic mass is 16.5. The minimum absolute atomic E-state index is 0.0223. The minimum atomic E-state index is -1.10. The zero-order chi connectivity index (χ0) is 16.4. The van der Waals surface area contributed by atoms with E-state index in [1.165, 1.54) is 7.11 Å². The number of ether oxygens (including phenoxy) is 1. The van der Waals surface area contributed by atoms with Gasteiger partial charge in [-0.05, 0) is 31.0 Å². The molecule has 0 spiro atoms. The van der Waals surface area contributed by atoms with Gasteiger partial charge in [-0.3, -0.25) is 0 Å². The number of benzene rings is 1. The molecule has 2 atom stereocenters. The Morgan fingerprint density at radius 2 is 2.00 bits per heavy atom. The maximum atomic E-state index is 11.8. The number of aliphatic hydroxyl groups is 1. The fourth-order valence-corrected chi connectivity index (χ4v) is 3.59. The summed E-state index contributed by atoms with van der Waals surface area (Å²) in [5, 5.41) is 19.7. The van der Waals surface area contributed by atoms with Gasteiger partial charge in [0.15, 0.2) is 0 Å². The maximum absolute atomic E-state index is 11.8. The van der Waals surface area contributed by atoms with E-state index in [1.54, 1.807) is 23.1 Å². The normalized spacial score (nSPS) is 28.5. The standard InChI is InChI=1S/C18H18N2O3/c1-23-17(21)20-15-5-6-16(20)11-18(22,10-15)8-7-13-3-2-4-14(9-13)12-19/h2-4,9,15-16,22H,5-6,10-11H2,1H3. The highest BCUT2D eigenvalue weighted by molar-refractivity contribution is 5.69. The Bertz CT molecular complexity index is 712. The van der Waals surface area contributed by atoms with E-state index in [1.807, 2.05) is 6.07 Å². The van der Waals surface area contributed by atoms with Crippen LogP contribution in [-0.4, -0.2) is 40.9 Å². The summed E-state index contributed by atoms with van der Waals surface area (Å²) < 4.78 is 4.83. The number of nitriles is 1. The van der Waals surface area contributed by atoms with E-state index in [0.717, 1.165) is 12.8 Å². The zero-order valence-corrected chi connectivity index (χ0v) is 13.0. The number of fused-ring (bicyclic) bond motifs is 2. The lowest BCUT2D eigenvalue weighted by molar-refractivity contribution is -0.00730. The molecule has 5 heteroatoms. The number of nitrogens with zero attached hydrogens (tertiary/aromatic N) is 2. The predicted octanol–water partition coefficient (Wildman–Crippen LogP) is 2.03. The summed E-state index contributed by atoms with van der Waals surface area (Å²) in [7, 11) is 1.38. The van der Waals surface area contributed by atoms with Crippen LogP contribution in [0.4, 0.5) is 4.79 Å². The minimum Gasteiger partial charge on any atom is -0.453 e. The molecule has 2 unspecified atom stereocenters. The van der Waals surface area contributed by atoms with Crippen molar-refractivity contribution in [3.8, 4) is 17.9 Å². The Hall–Kier alpha value is -2.50. The molecule has 2 aliphatic heterocycles. The van der Waals surface area contributed by atoms with Crippen molar-refractivity contribution in [1.29, 1.82) is 5.26 Å². The third-order valence-electron chi connectivity index (χ3n) is 4.58. The van der Waals surface area contributed by atoms with Crippen LogP contribution >= 0.6 is 0 Å². The van der Waals surface area contributed by atoms with Crippen molar-refractivity contribution >= 4 is 6.09 Å². The molecule has 0 aliphatic carbocycles. The molecular weight excluding hydrogens is 292 g/mol. The molecule has 3 rings (SSSR count). The third kappa shape index (κ3) is 3.02. The van der Waals surface area contributed by atoms with Crippen molar-refractivity contribution in [2.75, 3.05) is 7.11 Å². The van der Waals surface area contributed by atoms with E-state index in [4.69, 9.17) is 10.00 Å². The van der Waals surface area contributed by atoms with Crippen LogP contribution in [0.1, 0.15) is 36.8 Å². The molecule has 0 aromatic heterocycles. The van der Waals surface area contributed by atoms with Crippen LogP contribution in [0.15, 0.2) is 24.3 Å². The molecule has 1 N–H and O–H groups in total. The molecule has 2 fully saturated rings. The largest absolute Gasteiger partial charge is 0.453 e. The smallest absolute Gasteiger partial charge is 0.409 e. The Balaban J connectivity index is 1.79. The van der Waals surface area contributed by atoms with Gasteiger partial charge in [0, 0.05) is 30.5 Å². The van der Waals surface area contributed by atoms with Crippen molar-refractivity contribution in [2.24, 2.45) is 0 Å². The molecular formula is C18H18N2O3. The highest BCUT2D eigenvalue weighted by Crippen LogP contribution is 2.40. The third-order valence-corrected chi connectivity index (χ3v) is 4.58. The summed E-state index contributed by atoms with van der Waals surface area (Å²) in [4.78, 5) is 13.6. The van der Waals surface area contributed by atoms with Gasteiger partial charge in [-0.15, -0.1) is 0 Å². The van der Waals surface area contributed by atoms with Crippen LogP contribution in [0.25, 0.3) is 0 Å². The quantitative estimate of drug-likeness (QED) is 0.744. The molecule has 2 bridgehead atoms. The van der Waals surface area contributed by atoms with Crippen molar-refractivity contribution < 1.29 is 14.6 Å². The van der Waals surface area contributed by atoms with Gasteiger partial charge in [-0.1, -0.05) is 17.9 Å². The number of hydrogen-bond donors (Lipinski definition) is 1. The lowest BCUT2D eigenvalue weighted by Crippen LogP contribution is -2.52. The van der Waals surface area contributed by atoms with Gasteiger partial charge in [0.25, 0.3) is 0 Å². The van der Waals surface area contributed by atoms with Gasteiger partial charge in [0.2, 0.25) is 0 Å². The number of amides is 1. The van der Waals surface area contributed by atoms with E-state index in [0.29, 0.717) is 24.0 Å². The molecule has 118 valence electrons. The van der Waals surface area contributed by atoms with E-state index in [9.17, 15) is 9.90 Å². The van der Waals surface area contributed by atoms with Gasteiger partial charge in [-0.25, -0.2) is 4.79 Å². The van der Waals surface area contributed by atoms with Crippen LogP contribution < -0.4 is 0 Å². The van der Waals surface area contributed by atoms with Crippen LogP contribution in [-0.2, 0) is 4.74 Å². The van der Waals surface area contributed by atoms with Crippen molar-refractivity contribution in [2.45, 2.75) is 43.4 Å². The molecule has 1 aromatic rings. The lowest BCUT2D eigenvalue weighted by atomic mass is 9.86. The average Bonchev–Trinajstić information content (AvgIpc) is 2.85. The van der Waals surface area contributed by atoms with E-state index < -0.39 is 5.60 Å². The first kappa shape index (κ1) is 15.4. The second-order valence-corrected chi connectivity index (χ2v) is 6.14. The summed E-state index contributed by atoms with van der Waals surface area (Å²) in [6.07, 6.45) is 2.28. The summed E-state index contributed by atoms with van der Waals surface area (Å²) in [5.74, 6) is 5.93. The number of carbonyl (C=O) groups is 1. The SMILES string of the molecule is COC(=O)N1C2CCC1CC(O)(C#Cc1cccc(C#N)c1)C2. The number of rotatable bonds is 0. The van der Waals surface area contributed by atoms with E-state index in [2.05, 4.69) is 17.9 Å². The molecule has 2 aliphatic rings. The fourth-order valence-electron chi connectivity index (χ4n) is 3.59. The Morgan fingerprint density at radius 1 is 1.35 bits per heavy atom. The van der Waals surface area contributed by atoms with Crippen molar-refractivity contribution in [3.05, 3.63) is 35.4 Å². The molecule has 2 saturated heterocycles. The molecule has 5 nitrogen and oxygen atoms in total. The highest BCUT2D eigenvalue weighted by Gasteiger charge is 2.49. The molecule has 1 amide bonds. The Morgan fingerprint density at radius 3 is 2.61 bits per heavy atom. The molecule has 1 aromatic carbocycles. The Labute approximate surface area is 135 Å². The first-order valence-corrected chi connectivity index (χ1v) is 7.67. The summed E-state index contributed by atoms with van der Waals surface area (Å²) in [5.41, 5.74) is 0.156. The van der Waals surface area contributed by atoms with Crippen molar-refractivity contribution in [1.82, 2.24) is 4.90 Å². The molecule has 0 saturated carbocycles. The topological polar surface area (TPSA) is 73.6 Å². The molecule has 0 radical (unpaired) electrons. The average molecular weight is 310 g/mol. The number of hydrogen-bond acceptors (Lipinski definition) is 4. The first-order valence-electron chi connectivity index (χ1n) is 7.67.